The van der Waals surface area contributed by atoms with E-state index in [1.165, 1.54) is 0 Å². The highest BCUT2D eigenvalue weighted by atomic mass is 16.5. The second kappa shape index (κ2) is 6.32. The Labute approximate surface area is 109 Å². The molecule has 18 heavy (non-hydrogen) atoms. The molecule has 1 aliphatic rings. The maximum atomic E-state index is 9.55. The Balaban J connectivity index is 1.98. The Hall–Kier alpha value is -0.900. The molecule has 3 heteroatoms. The fourth-order valence-corrected chi connectivity index (χ4v) is 2.77. The maximum Gasteiger partial charge on any atom is 0.0626 e. The lowest BCUT2D eigenvalue weighted by Crippen LogP contribution is -2.43. The first-order valence-electron chi connectivity index (χ1n) is 6.76. The average Bonchev–Trinajstić information content (AvgIpc) is 2.36. The number of hydrogen-bond acceptors (Lipinski definition) is 3. The number of benzene rings is 1. The van der Waals surface area contributed by atoms with Crippen molar-refractivity contribution >= 4 is 0 Å². The van der Waals surface area contributed by atoms with E-state index in [0.717, 1.165) is 18.4 Å². The largest absolute Gasteiger partial charge is 0.394 e. The molecule has 0 spiro atoms. The zero-order valence-electron chi connectivity index (χ0n) is 11.2. The fourth-order valence-electron chi connectivity index (χ4n) is 2.77. The standard InChI is InChI=1S/C15H23NO2/c1-11-8-14(9-12(2)18-11)16-15(10-17)13-6-4-3-5-7-13/h3-7,11-12,14-17H,8-10H2,1-2H3. The molecule has 1 fully saturated rings. The summed E-state index contributed by atoms with van der Waals surface area (Å²) in [4.78, 5) is 0. The lowest BCUT2D eigenvalue weighted by atomic mass is 9.97. The van der Waals surface area contributed by atoms with Crippen LogP contribution >= 0.6 is 0 Å². The second-order valence-electron chi connectivity index (χ2n) is 5.24. The minimum absolute atomic E-state index is 0.0219. The zero-order valence-corrected chi connectivity index (χ0v) is 11.2. The topological polar surface area (TPSA) is 41.5 Å². The van der Waals surface area contributed by atoms with Crippen LogP contribution in [0.5, 0.6) is 0 Å². The van der Waals surface area contributed by atoms with Gasteiger partial charge in [0, 0.05) is 6.04 Å². The van der Waals surface area contributed by atoms with Gasteiger partial charge in [-0.15, -0.1) is 0 Å². The molecular weight excluding hydrogens is 226 g/mol. The quantitative estimate of drug-likeness (QED) is 0.860. The van der Waals surface area contributed by atoms with Crippen LogP contribution in [0.25, 0.3) is 0 Å². The molecule has 0 aromatic heterocycles. The van der Waals surface area contributed by atoms with Crippen molar-refractivity contribution in [2.24, 2.45) is 0 Å². The SMILES string of the molecule is CC1CC(NC(CO)c2ccccc2)CC(C)O1. The molecule has 2 N–H and O–H groups in total. The van der Waals surface area contributed by atoms with E-state index in [1.807, 2.05) is 18.2 Å². The third-order valence-electron chi connectivity index (χ3n) is 3.52. The normalized spacial score (nSPS) is 30.1. The van der Waals surface area contributed by atoms with Crippen molar-refractivity contribution in [3.05, 3.63) is 35.9 Å². The van der Waals surface area contributed by atoms with Crippen LogP contribution in [0, 0.1) is 0 Å². The lowest BCUT2D eigenvalue weighted by molar-refractivity contribution is -0.0445. The summed E-state index contributed by atoms with van der Waals surface area (Å²) in [6, 6.07) is 10.6. The molecule has 1 saturated heterocycles. The van der Waals surface area contributed by atoms with Crippen LogP contribution in [0.15, 0.2) is 30.3 Å². The van der Waals surface area contributed by atoms with E-state index in [2.05, 4.69) is 31.3 Å². The number of aliphatic hydroxyl groups excluding tert-OH is 1. The van der Waals surface area contributed by atoms with E-state index in [1.54, 1.807) is 0 Å². The van der Waals surface area contributed by atoms with Gasteiger partial charge in [-0.1, -0.05) is 30.3 Å². The second-order valence-corrected chi connectivity index (χ2v) is 5.24. The van der Waals surface area contributed by atoms with Gasteiger partial charge in [-0.3, -0.25) is 0 Å². The molecule has 0 radical (unpaired) electrons. The van der Waals surface area contributed by atoms with Gasteiger partial charge in [-0.2, -0.15) is 0 Å². The highest BCUT2D eigenvalue weighted by Crippen LogP contribution is 2.22. The summed E-state index contributed by atoms with van der Waals surface area (Å²) in [5.41, 5.74) is 1.15. The van der Waals surface area contributed by atoms with Crippen molar-refractivity contribution in [1.82, 2.24) is 5.32 Å². The summed E-state index contributed by atoms with van der Waals surface area (Å²) >= 11 is 0. The molecule has 1 aliphatic heterocycles. The van der Waals surface area contributed by atoms with Crippen molar-refractivity contribution in [2.75, 3.05) is 6.61 Å². The molecule has 3 atom stereocenters. The van der Waals surface area contributed by atoms with Crippen molar-refractivity contribution < 1.29 is 9.84 Å². The summed E-state index contributed by atoms with van der Waals surface area (Å²) in [6.07, 6.45) is 2.60. The van der Waals surface area contributed by atoms with Crippen molar-refractivity contribution in [3.63, 3.8) is 0 Å². The third kappa shape index (κ3) is 3.55. The molecular formula is C15H23NO2. The first-order valence-corrected chi connectivity index (χ1v) is 6.76. The Kier molecular flexibility index (Phi) is 4.75. The maximum absolute atomic E-state index is 9.55. The summed E-state index contributed by atoms with van der Waals surface area (Å²) in [7, 11) is 0. The van der Waals surface area contributed by atoms with Crippen LogP contribution in [0.1, 0.15) is 38.3 Å². The molecule has 0 amide bonds. The third-order valence-corrected chi connectivity index (χ3v) is 3.52. The first kappa shape index (κ1) is 13.5. The van der Waals surface area contributed by atoms with E-state index >= 15 is 0 Å². The Morgan fingerprint density at radius 1 is 1.22 bits per heavy atom. The van der Waals surface area contributed by atoms with E-state index < -0.39 is 0 Å². The molecule has 2 rings (SSSR count). The van der Waals surface area contributed by atoms with Crippen LogP contribution in [-0.4, -0.2) is 30.0 Å². The minimum Gasteiger partial charge on any atom is -0.394 e. The Bertz CT molecular complexity index is 345. The Morgan fingerprint density at radius 2 is 1.83 bits per heavy atom. The molecule has 0 aliphatic carbocycles. The number of hydrogen-bond donors (Lipinski definition) is 2. The van der Waals surface area contributed by atoms with Crippen LogP contribution in [0.3, 0.4) is 0 Å². The van der Waals surface area contributed by atoms with Gasteiger partial charge in [0.25, 0.3) is 0 Å². The van der Waals surface area contributed by atoms with Gasteiger partial charge in [0.1, 0.15) is 0 Å². The van der Waals surface area contributed by atoms with Gasteiger partial charge < -0.3 is 15.2 Å². The highest BCUT2D eigenvalue weighted by Gasteiger charge is 2.26. The average molecular weight is 249 g/mol. The summed E-state index contributed by atoms with van der Waals surface area (Å²) in [5, 5.41) is 13.1. The van der Waals surface area contributed by atoms with Crippen LogP contribution in [0.2, 0.25) is 0 Å². The van der Waals surface area contributed by atoms with Crippen LogP contribution in [-0.2, 0) is 4.74 Å². The summed E-state index contributed by atoms with van der Waals surface area (Å²) in [6.45, 7) is 4.35. The molecule has 1 heterocycles. The van der Waals surface area contributed by atoms with Gasteiger partial charge in [0.15, 0.2) is 0 Å². The van der Waals surface area contributed by atoms with Crippen molar-refractivity contribution in [1.29, 1.82) is 0 Å². The number of ether oxygens (including phenoxy) is 1. The Morgan fingerprint density at radius 3 is 2.39 bits per heavy atom. The monoisotopic (exact) mass is 249 g/mol. The van der Waals surface area contributed by atoms with Crippen molar-refractivity contribution in [3.8, 4) is 0 Å². The highest BCUT2D eigenvalue weighted by molar-refractivity contribution is 5.19. The van der Waals surface area contributed by atoms with E-state index in [0.29, 0.717) is 18.2 Å². The molecule has 100 valence electrons. The van der Waals surface area contributed by atoms with Crippen LogP contribution in [0.4, 0.5) is 0 Å². The first-order chi connectivity index (χ1) is 8.69. The molecule has 0 saturated carbocycles. The van der Waals surface area contributed by atoms with Gasteiger partial charge in [-0.25, -0.2) is 0 Å². The fraction of sp³-hybridized carbons (Fsp3) is 0.600. The van der Waals surface area contributed by atoms with Gasteiger partial charge >= 0.3 is 0 Å². The van der Waals surface area contributed by atoms with Gasteiger partial charge in [0.05, 0.1) is 24.9 Å². The minimum atomic E-state index is 0.0219. The van der Waals surface area contributed by atoms with Crippen molar-refractivity contribution in [2.45, 2.75) is 51.0 Å². The van der Waals surface area contributed by atoms with E-state index in [4.69, 9.17) is 4.74 Å². The number of nitrogens with one attached hydrogen (secondary N) is 1. The van der Waals surface area contributed by atoms with E-state index in [9.17, 15) is 5.11 Å². The molecule has 1 aromatic rings. The summed E-state index contributed by atoms with van der Waals surface area (Å²) < 4.78 is 5.73. The van der Waals surface area contributed by atoms with Gasteiger partial charge in [-0.05, 0) is 32.3 Å². The predicted octanol–water partition coefficient (Wildman–Crippen LogP) is 2.27. The number of rotatable bonds is 4. The molecule has 0 bridgehead atoms. The molecule has 1 aromatic carbocycles. The molecule has 3 unspecified atom stereocenters. The predicted molar refractivity (Wildman–Crippen MR) is 72.4 cm³/mol. The summed E-state index contributed by atoms with van der Waals surface area (Å²) in [5.74, 6) is 0. The van der Waals surface area contributed by atoms with Crippen LogP contribution < -0.4 is 5.32 Å². The van der Waals surface area contributed by atoms with E-state index in [-0.39, 0.29) is 12.6 Å². The lowest BCUT2D eigenvalue weighted by Gasteiger charge is -2.34. The smallest absolute Gasteiger partial charge is 0.0626 e. The zero-order chi connectivity index (χ0) is 13.0. The molecule has 3 nitrogen and oxygen atoms in total. The number of aliphatic hydroxyl groups is 1. The van der Waals surface area contributed by atoms with Gasteiger partial charge in [0.2, 0.25) is 0 Å².